The number of rotatable bonds is 14. The number of carbonyl (C=O) groups excluding carboxylic acids is 1. The number of Topliss-reactive ketones (excluding diaryl/α,β-unsaturated/α-hetero) is 1. The third-order valence-corrected chi connectivity index (χ3v) is 20.1. The van der Waals surface area contributed by atoms with E-state index in [1.165, 1.54) is 72.8 Å². The molecule has 15 nitrogen and oxygen atoms in total. The van der Waals surface area contributed by atoms with Crippen LogP contribution in [0.15, 0.2) is 195 Å². The Morgan fingerprint density at radius 3 is 1.41 bits per heavy atom. The maximum Gasteiger partial charge on any atom is 0.163 e. The van der Waals surface area contributed by atoms with Crippen LogP contribution in [0.25, 0.3) is 50.7 Å². The number of pyridine rings is 3. The summed E-state index contributed by atoms with van der Waals surface area (Å²) in [6.45, 7) is 27.9. The smallest absolute Gasteiger partial charge is 0.163 e. The van der Waals surface area contributed by atoms with Crippen LogP contribution in [0.5, 0.6) is 0 Å². The third-order valence-electron chi connectivity index (χ3n) is 20.1. The molecule has 97 heavy (non-hydrogen) atoms. The van der Waals surface area contributed by atoms with Gasteiger partial charge in [-0.05, 0) is 171 Å². The molecule has 0 radical (unpaired) electrons. The van der Waals surface area contributed by atoms with E-state index in [9.17, 15) is 4.79 Å². The Balaban J connectivity index is 0.000000125. The van der Waals surface area contributed by atoms with Crippen LogP contribution in [0.2, 0.25) is 0 Å². The highest BCUT2D eigenvalue weighted by molar-refractivity contribution is 6.01. The fourth-order valence-electron chi connectivity index (χ4n) is 14.6. The average Bonchev–Trinajstić information content (AvgIpc) is 1.73. The van der Waals surface area contributed by atoms with E-state index < -0.39 is 0 Å². The lowest BCUT2D eigenvalue weighted by molar-refractivity contribution is 0.0994. The number of ketones is 1. The maximum absolute atomic E-state index is 12.1. The summed E-state index contributed by atoms with van der Waals surface area (Å²) < 4.78 is 12.0. The molecule has 0 bridgehead atoms. The number of carbonyl (C=O) groups is 1. The molecule has 0 atom stereocenters. The molecule has 10 heterocycles. The first-order chi connectivity index (χ1) is 47.3. The number of aryl methyl sites for hydroxylation is 4. The molecule has 1 aliphatic carbocycles. The van der Waals surface area contributed by atoms with Crippen molar-refractivity contribution in [2.24, 2.45) is 0 Å². The van der Waals surface area contributed by atoms with Gasteiger partial charge in [0.25, 0.3) is 0 Å². The minimum atomic E-state index is 0.263. The predicted octanol–water partition coefficient (Wildman–Crippen LogP) is 14.5. The molecule has 494 valence electrons. The maximum atomic E-state index is 12.1. The van der Waals surface area contributed by atoms with E-state index in [0.29, 0.717) is 18.5 Å². The highest BCUT2D eigenvalue weighted by Gasteiger charge is 2.24. The number of hydrogen-bond acceptors (Lipinski definition) is 12. The van der Waals surface area contributed by atoms with Crippen LogP contribution in [0.3, 0.4) is 0 Å². The number of benzene rings is 5. The van der Waals surface area contributed by atoms with Crippen molar-refractivity contribution in [1.82, 2.24) is 47.9 Å². The van der Waals surface area contributed by atoms with Crippen LogP contribution in [-0.2, 0) is 30.4 Å². The molecule has 5 aromatic carbocycles. The Morgan fingerprint density at radius 1 is 0.433 bits per heavy atom. The van der Waals surface area contributed by atoms with Gasteiger partial charge in [0.1, 0.15) is 22.8 Å². The second kappa shape index (κ2) is 28.9. The molecule has 16 rings (SSSR count). The van der Waals surface area contributed by atoms with Crippen LogP contribution in [0.1, 0.15) is 100 Å². The minimum absolute atomic E-state index is 0.263. The quantitative estimate of drug-likeness (QED) is 0.103. The van der Waals surface area contributed by atoms with E-state index in [2.05, 4.69) is 245 Å². The number of fused-ring (bicyclic) bond motifs is 4. The molecule has 0 saturated carbocycles. The van der Waals surface area contributed by atoms with Crippen molar-refractivity contribution in [3.8, 4) is 33.8 Å². The van der Waals surface area contributed by atoms with Gasteiger partial charge in [0.15, 0.2) is 5.78 Å². The molecule has 0 spiro atoms. The average molecular weight is 1290 g/mol. The van der Waals surface area contributed by atoms with Gasteiger partial charge in [0.05, 0.1) is 30.3 Å². The summed E-state index contributed by atoms with van der Waals surface area (Å²) in [6.07, 6.45) is 19.5. The molecule has 3 fully saturated rings. The minimum Gasteiger partial charge on any atom is -0.378 e. The molecular formula is C82H89N13O2. The number of ether oxygens (including phenoxy) is 1. The van der Waals surface area contributed by atoms with Gasteiger partial charge in [-0.25, -0.2) is 24.9 Å². The van der Waals surface area contributed by atoms with E-state index in [-0.39, 0.29) is 5.78 Å². The topological polar surface area (TPSA) is 120 Å². The fourth-order valence-corrected chi connectivity index (χ4v) is 14.6. The third kappa shape index (κ3) is 14.4. The zero-order chi connectivity index (χ0) is 66.5. The lowest BCUT2D eigenvalue weighted by atomic mass is 10.00. The highest BCUT2D eigenvalue weighted by Crippen LogP contribution is 2.33. The van der Waals surface area contributed by atoms with Gasteiger partial charge in [-0.15, -0.1) is 0 Å². The summed E-state index contributed by atoms with van der Waals surface area (Å²) in [5.74, 6) is 1.03. The first kappa shape index (κ1) is 64.5. The van der Waals surface area contributed by atoms with Crippen LogP contribution < -0.4 is 14.7 Å². The number of aromatic nitrogens is 8. The summed E-state index contributed by atoms with van der Waals surface area (Å²) in [7, 11) is 0. The number of nitrogens with zero attached hydrogens (tertiary/aromatic N) is 13. The van der Waals surface area contributed by atoms with Gasteiger partial charge in [-0.2, -0.15) is 0 Å². The van der Waals surface area contributed by atoms with E-state index in [1.807, 2.05) is 56.4 Å². The van der Waals surface area contributed by atoms with Crippen molar-refractivity contribution in [3.05, 3.63) is 257 Å². The summed E-state index contributed by atoms with van der Waals surface area (Å²) in [5, 5.41) is 0. The molecule has 12 aromatic rings. The highest BCUT2D eigenvalue weighted by atomic mass is 16.5. The standard InChI is InChI=1S/C31H34N4O.C28H32N4.C23H23N5O/c1-21(2)33-14-16-34(17-15-33)28-9-4-23(18-22(28)3)19-26-6-10-29(35-13-12-32-31(26)35)25-5-8-27-24(20-25)7-11-30(27)36;1-21(2)30-15-17-31(18-16-30)26-10-7-23(8-11-26)20-25-9-12-27(32-14-13-29-28(25)32)24-6-4-5-22(3)19-24;1-17-25-15-20(16-26-17)22-7-4-19(23-24-8-9-28(22)23)14-18-2-5-21(6-3-18)27-10-12-29-13-11-27/h4-6,8-10,12-13,18,20-21H,7,11,14-17,19H2,1-3H3;4-14,19,21H,15-18,20H2,1-3H3;2-9,15-16H,10-14H2,1H3. The fraction of sp³-hybridized carbons (Fsp3) is 0.317. The van der Waals surface area contributed by atoms with Gasteiger partial charge in [-0.1, -0.05) is 90.5 Å². The molecule has 3 saturated heterocycles. The lowest BCUT2D eigenvalue weighted by Gasteiger charge is -2.38. The Kier molecular flexibility index (Phi) is 19.2. The summed E-state index contributed by atoms with van der Waals surface area (Å²) in [6, 6.07) is 54.2. The van der Waals surface area contributed by atoms with Gasteiger partial charge < -0.3 is 19.4 Å². The van der Waals surface area contributed by atoms with Gasteiger partial charge in [0.2, 0.25) is 0 Å². The van der Waals surface area contributed by atoms with E-state index >= 15 is 0 Å². The number of anilines is 3. The Morgan fingerprint density at radius 2 is 0.907 bits per heavy atom. The largest absolute Gasteiger partial charge is 0.378 e. The molecular weight excluding hydrogens is 1200 g/mol. The van der Waals surface area contributed by atoms with Crippen molar-refractivity contribution in [2.75, 3.05) is 93.4 Å². The second-order valence-corrected chi connectivity index (χ2v) is 27.1. The summed E-state index contributed by atoms with van der Waals surface area (Å²) in [4.78, 5) is 47.2. The van der Waals surface area contributed by atoms with Crippen molar-refractivity contribution >= 4 is 39.8 Å². The van der Waals surface area contributed by atoms with Gasteiger partial charge in [-0.3, -0.25) is 27.8 Å². The number of hydrogen-bond donors (Lipinski definition) is 0. The predicted molar refractivity (Wildman–Crippen MR) is 393 cm³/mol. The SMILES string of the molecule is Cc1cc(Cc2ccc(-c3ccc4c(c3)CCC4=O)n3ccnc23)ccc1N1CCN(C(C)C)CC1.Cc1cccc(-c2ccc(Cc3ccc(N4CCN(C(C)C)CC4)cc3)c3nccn23)c1.Cc1ncc(-c2ccc(Cc3ccc(N4CCOCC4)cc3)c3nccn23)cn1. The van der Waals surface area contributed by atoms with Crippen LogP contribution in [-0.4, -0.2) is 144 Å². The lowest BCUT2D eigenvalue weighted by Crippen LogP contribution is -2.49. The Bertz CT molecular complexity index is 4700. The normalized spacial score (nSPS) is 15.4. The zero-order valence-corrected chi connectivity index (χ0v) is 57.3. The summed E-state index contributed by atoms with van der Waals surface area (Å²) >= 11 is 0. The number of imidazole rings is 3. The van der Waals surface area contributed by atoms with E-state index in [1.54, 1.807) is 0 Å². The number of morpholine rings is 1. The number of piperazine rings is 2. The van der Waals surface area contributed by atoms with Crippen molar-refractivity contribution < 1.29 is 9.53 Å². The van der Waals surface area contributed by atoms with E-state index in [0.717, 1.165) is 161 Å². The van der Waals surface area contributed by atoms with Crippen LogP contribution in [0, 0.1) is 20.8 Å². The van der Waals surface area contributed by atoms with Crippen LogP contribution >= 0.6 is 0 Å². The molecule has 15 heteroatoms. The second-order valence-electron chi connectivity index (χ2n) is 27.1. The monoisotopic (exact) mass is 1290 g/mol. The van der Waals surface area contributed by atoms with Gasteiger partial charge >= 0.3 is 0 Å². The molecule has 0 N–H and O–H groups in total. The molecule has 3 aliphatic heterocycles. The van der Waals surface area contributed by atoms with Crippen molar-refractivity contribution in [2.45, 2.75) is 92.7 Å². The molecule has 4 aliphatic rings. The van der Waals surface area contributed by atoms with Gasteiger partial charge in [0, 0.05) is 181 Å². The Hall–Kier alpha value is -9.80. The first-order valence-electron chi connectivity index (χ1n) is 34.8. The van der Waals surface area contributed by atoms with Crippen molar-refractivity contribution in [1.29, 1.82) is 0 Å². The molecule has 0 amide bonds. The van der Waals surface area contributed by atoms with E-state index in [4.69, 9.17) is 9.72 Å². The first-order valence-corrected chi connectivity index (χ1v) is 34.8. The summed E-state index contributed by atoms with van der Waals surface area (Å²) in [5.41, 5.74) is 25.9. The van der Waals surface area contributed by atoms with Crippen LogP contribution in [0.4, 0.5) is 17.1 Å². The molecule has 7 aromatic heterocycles. The zero-order valence-electron chi connectivity index (χ0n) is 57.3. The Labute approximate surface area is 570 Å². The van der Waals surface area contributed by atoms with Crippen molar-refractivity contribution in [3.63, 3.8) is 0 Å². The molecule has 0 unspecified atom stereocenters.